The molecule has 0 fully saturated rings. The molecule has 7 heteroatoms. The van der Waals surface area contributed by atoms with E-state index in [9.17, 15) is 13.2 Å². The van der Waals surface area contributed by atoms with Crippen LogP contribution in [0, 0.1) is 20.8 Å². The molecule has 0 heterocycles. The lowest BCUT2D eigenvalue weighted by Gasteiger charge is -2.28. The van der Waals surface area contributed by atoms with Gasteiger partial charge in [-0.25, -0.2) is 8.42 Å². The lowest BCUT2D eigenvalue weighted by Crippen LogP contribution is -2.48. The zero-order valence-electron chi connectivity index (χ0n) is 17.0. The van der Waals surface area contributed by atoms with Crippen molar-refractivity contribution in [1.29, 1.82) is 0 Å². The molecule has 0 aliphatic heterocycles. The summed E-state index contributed by atoms with van der Waals surface area (Å²) in [6.07, 6.45) is 1.10. The Balaban J connectivity index is 1.98. The number of anilines is 1. The second kappa shape index (κ2) is 9.10. The highest BCUT2D eigenvalue weighted by molar-refractivity contribution is 7.92. The van der Waals surface area contributed by atoms with Crippen LogP contribution in [0.2, 0.25) is 0 Å². The summed E-state index contributed by atoms with van der Waals surface area (Å²) in [6, 6.07) is 12.0. The lowest BCUT2D eigenvalue weighted by atomic mass is 10.1. The Morgan fingerprint density at radius 3 is 2.25 bits per heavy atom. The Labute approximate surface area is 167 Å². The van der Waals surface area contributed by atoms with E-state index in [0.717, 1.165) is 33.0 Å². The van der Waals surface area contributed by atoms with Gasteiger partial charge in [-0.1, -0.05) is 35.4 Å². The van der Waals surface area contributed by atoms with E-state index in [4.69, 9.17) is 4.74 Å². The molecule has 2 rings (SSSR count). The van der Waals surface area contributed by atoms with Crippen molar-refractivity contribution >= 4 is 21.6 Å². The second-order valence-corrected chi connectivity index (χ2v) is 8.84. The zero-order valence-corrected chi connectivity index (χ0v) is 17.8. The van der Waals surface area contributed by atoms with Crippen LogP contribution in [-0.2, 0) is 14.8 Å². The Bertz CT molecular complexity index is 924. The number of nitrogens with one attached hydrogen (secondary N) is 1. The van der Waals surface area contributed by atoms with Gasteiger partial charge in [0.15, 0.2) is 0 Å². The van der Waals surface area contributed by atoms with Crippen molar-refractivity contribution in [3.05, 3.63) is 59.2 Å². The zero-order chi connectivity index (χ0) is 20.9. The van der Waals surface area contributed by atoms with E-state index >= 15 is 0 Å². The van der Waals surface area contributed by atoms with Crippen molar-refractivity contribution in [1.82, 2.24) is 5.32 Å². The number of aryl methyl sites for hydroxylation is 3. The van der Waals surface area contributed by atoms with Gasteiger partial charge in [0.25, 0.3) is 0 Å². The molecule has 1 atom stereocenters. The molecule has 28 heavy (non-hydrogen) atoms. The van der Waals surface area contributed by atoms with Gasteiger partial charge in [0, 0.05) is 0 Å². The van der Waals surface area contributed by atoms with E-state index in [1.165, 1.54) is 0 Å². The second-order valence-electron chi connectivity index (χ2n) is 6.98. The quantitative estimate of drug-likeness (QED) is 0.687. The maximum atomic E-state index is 12.5. The van der Waals surface area contributed by atoms with Crippen LogP contribution in [0.25, 0.3) is 0 Å². The lowest BCUT2D eigenvalue weighted by molar-refractivity contribution is -0.121. The fourth-order valence-corrected chi connectivity index (χ4v) is 4.12. The topological polar surface area (TPSA) is 75.7 Å². The number of ether oxygens (including phenoxy) is 1. The SMILES string of the molecule is Cc1ccc(N([C@@H](C)C(=O)NCCOc2ccc(C)cc2C)S(C)(=O)=O)cc1. The van der Waals surface area contributed by atoms with Crippen molar-refractivity contribution in [2.45, 2.75) is 33.7 Å². The molecule has 0 saturated carbocycles. The predicted octanol–water partition coefficient (Wildman–Crippen LogP) is 2.96. The molecule has 152 valence electrons. The molecular formula is C21H28N2O4S. The molecule has 0 aliphatic rings. The number of hydrogen-bond donors (Lipinski definition) is 1. The molecule has 0 unspecified atom stereocenters. The first kappa shape index (κ1) is 21.8. The molecule has 1 amide bonds. The maximum absolute atomic E-state index is 12.5. The van der Waals surface area contributed by atoms with Crippen LogP contribution in [0.4, 0.5) is 5.69 Å². The number of carbonyl (C=O) groups is 1. The molecule has 2 aromatic rings. The fourth-order valence-electron chi connectivity index (χ4n) is 2.94. The molecule has 0 spiro atoms. The third kappa shape index (κ3) is 5.73. The van der Waals surface area contributed by atoms with E-state index < -0.39 is 16.1 Å². The Kier molecular flexibility index (Phi) is 7.07. The van der Waals surface area contributed by atoms with E-state index in [1.54, 1.807) is 19.1 Å². The maximum Gasteiger partial charge on any atom is 0.243 e. The van der Waals surface area contributed by atoms with Crippen LogP contribution in [0.3, 0.4) is 0 Å². The average molecular weight is 405 g/mol. The summed E-state index contributed by atoms with van der Waals surface area (Å²) >= 11 is 0. The van der Waals surface area contributed by atoms with Crippen LogP contribution in [-0.4, -0.2) is 39.8 Å². The third-order valence-corrected chi connectivity index (χ3v) is 5.61. The highest BCUT2D eigenvalue weighted by Crippen LogP contribution is 2.21. The number of nitrogens with zero attached hydrogens (tertiary/aromatic N) is 1. The number of rotatable bonds is 8. The Hall–Kier alpha value is -2.54. The van der Waals surface area contributed by atoms with Crippen molar-refractivity contribution in [3.63, 3.8) is 0 Å². The van der Waals surface area contributed by atoms with Crippen molar-refractivity contribution < 1.29 is 17.9 Å². The highest BCUT2D eigenvalue weighted by atomic mass is 32.2. The minimum atomic E-state index is -3.62. The van der Waals surface area contributed by atoms with Gasteiger partial charge in [0.05, 0.1) is 18.5 Å². The normalized spacial score (nSPS) is 12.3. The van der Waals surface area contributed by atoms with Crippen molar-refractivity contribution in [2.75, 3.05) is 23.7 Å². The molecule has 0 aromatic heterocycles. The monoisotopic (exact) mass is 404 g/mol. The molecule has 0 saturated heterocycles. The Morgan fingerprint density at radius 2 is 1.68 bits per heavy atom. The summed E-state index contributed by atoms with van der Waals surface area (Å²) in [4.78, 5) is 12.5. The van der Waals surface area contributed by atoms with E-state index in [0.29, 0.717) is 12.3 Å². The number of sulfonamides is 1. The smallest absolute Gasteiger partial charge is 0.243 e. The van der Waals surface area contributed by atoms with Gasteiger partial charge >= 0.3 is 0 Å². The molecule has 0 aliphatic carbocycles. The van der Waals surface area contributed by atoms with E-state index in [-0.39, 0.29) is 12.5 Å². The van der Waals surface area contributed by atoms with Crippen LogP contribution >= 0.6 is 0 Å². The number of benzene rings is 2. The molecule has 1 N–H and O–H groups in total. The van der Waals surface area contributed by atoms with Gasteiger partial charge in [0.2, 0.25) is 15.9 Å². The molecule has 0 radical (unpaired) electrons. The summed E-state index contributed by atoms with van der Waals surface area (Å²) < 4.78 is 31.4. The predicted molar refractivity (Wildman–Crippen MR) is 112 cm³/mol. The molecule has 6 nitrogen and oxygen atoms in total. The average Bonchev–Trinajstić information content (AvgIpc) is 2.60. The van der Waals surface area contributed by atoms with Crippen molar-refractivity contribution in [3.8, 4) is 5.75 Å². The van der Waals surface area contributed by atoms with Crippen LogP contribution in [0.15, 0.2) is 42.5 Å². The minimum Gasteiger partial charge on any atom is -0.491 e. The summed E-state index contributed by atoms with van der Waals surface area (Å²) in [5.41, 5.74) is 3.66. The van der Waals surface area contributed by atoms with Crippen LogP contribution < -0.4 is 14.4 Å². The summed E-state index contributed by atoms with van der Waals surface area (Å²) in [5, 5.41) is 2.75. The fraction of sp³-hybridized carbons (Fsp3) is 0.381. The first-order chi connectivity index (χ1) is 13.1. The van der Waals surface area contributed by atoms with Crippen LogP contribution in [0.5, 0.6) is 5.75 Å². The number of hydrogen-bond acceptors (Lipinski definition) is 4. The first-order valence-electron chi connectivity index (χ1n) is 9.13. The summed E-state index contributed by atoms with van der Waals surface area (Å²) in [7, 11) is -3.62. The van der Waals surface area contributed by atoms with Crippen LogP contribution in [0.1, 0.15) is 23.6 Å². The van der Waals surface area contributed by atoms with Gasteiger partial charge in [-0.2, -0.15) is 0 Å². The first-order valence-corrected chi connectivity index (χ1v) is 11.0. The van der Waals surface area contributed by atoms with Gasteiger partial charge in [-0.15, -0.1) is 0 Å². The van der Waals surface area contributed by atoms with Crippen molar-refractivity contribution in [2.24, 2.45) is 0 Å². The Morgan fingerprint density at radius 1 is 1.07 bits per heavy atom. The minimum absolute atomic E-state index is 0.280. The molecular weight excluding hydrogens is 376 g/mol. The van der Waals surface area contributed by atoms with Gasteiger partial charge < -0.3 is 10.1 Å². The number of carbonyl (C=O) groups excluding carboxylic acids is 1. The third-order valence-electron chi connectivity index (χ3n) is 4.37. The standard InChI is InChI=1S/C21H28N2O4S/c1-15-6-9-19(10-7-15)23(28(5,25)26)18(4)21(24)22-12-13-27-20-11-8-16(2)14-17(20)3/h6-11,14,18H,12-13H2,1-5H3,(H,22,24)/t18-/m0/s1. The van der Waals surface area contributed by atoms with Gasteiger partial charge in [0.1, 0.15) is 18.4 Å². The largest absolute Gasteiger partial charge is 0.491 e. The summed E-state index contributed by atoms with van der Waals surface area (Å²) in [5.74, 6) is 0.389. The van der Waals surface area contributed by atoms with E-state index in [2.05, 4.69) is 5.32 Å². The molecule has 2 aromatic carbocycles. The van der Waals surface area contributed by atoms with Gasteiger partial charge in [-0.05, 0) is 51.5 Å². The molecule has 0 bridgehead atoms. The van der Waals surface area contributed by atoms with E-state index in [1.807, 2.05) is 51.1 Å². The summed E-state index contributed by atoms with van der Waals surface area (Å²) in [6.45, 7) is 8.05. The number of amides is 1. The van der Waals surface area contributed by atoms with Gasteiger partial charge in [-0.3, -0.25) is 9.10 Å². The highest BCUT2D eigenvalue weighted by Gasteiger charge is 2.28.